The van der Waals surface area contributed by atoms with Crippen molar-refractivity contribution in [2.24, 2.45) is 0 Å². The molecule has 0 saturated carbocycles. The highest BCUT2D eigenvalue weighted by atomic mass is 32.1. The average Bonchev–Trinajstić information content (AvgIpc) is 3.18. The molecule has 1 aromatic heterocycles. The van der Waals surface area contributed by atoms with Crippen LogP contribution in [0.4, 0.5) is 5.69 Å². The number of para-hydroxylation sites is 1. The first-order valence-electron chi connectivity index (χ1n) is 9.13. The van der Waals surface area contributed by atoms with Crippen molar-refractivity contribution in [1.29, 1.82) is 0 Å². The number of hydrogen-bond donors (Lipinski definition) is 1. The Kier molecular flexibility index (Phi) is 6.61. The Bertz CT molecular complexity index is 998. The van der Waals surface area contributed by atoms with Gasteiger partial charge in [0.05, 0.1) is 0 Å². The summed E-state index contributed by atoms with van der Waals surface area (Å²) in [5, 5.41) is 5.01. The third kappa shape index (κ3) is 5.65. The van der Waals surface area contributed by atoms with Crippen LogP contribution in [0.25, 0.3) is 0 Å². The van der Waals surface area contributed by atoms with Gasteiger partial charge >= 0.3 is 5.97 Å². The van der Waals surface area contributed by atoms with Gasteiger partial charge in [-0.15, -0.1) is 11.3 Å². The Morgan fingerprint density at radius 2 is 1.83 bits per heavy atom. The Morgan fingerprint density at radius 3 is 2.55 bits per heavy atom. The Hall–Kier alpha value is -3.19. The average molecular weight is 410 g/mol. The van der Waals surface area contributed by atoms with Crippen molar-refractivity contribution in [1.82, 2.24) is 4.98 Å². The molecule has 0 bridgehead atoms. The molecule has 150 valence electrons. The minimum absolute atomic E-state index is 0.160. The van der Waals surface area contributed by atoms with Gasteiger partial charge in [-0.05, 0) is 44.5 Å². The predicted molar refractivity (Wildman–Crippen MR) is 112 cm³/mol. The fourth-order valence-corrected chi connectivity index (χ4v) is 3.15. The zero-order valence-corrected chi connectivity index (χ0v) is 17.3. The fraction of sp³-hybridized carbons (Fsp3) is 0.227. The molecule has 3 rings (SSSR count). The molecule has 7 heteroatoms. The van der Waals surface area contributed by atoms with Crippen LogP contribution >= 0.6 is 11.3 Å². The summed E-state index contributed by atoms with van der Waals surface area (Å²) in [6, 6.07) is 15.1. The molecular weight excluding hydrogens is 388 g/mol. The molecule has 1 atom stereocenters. The fourth-order valence-electron chi connectivity index (χ4n) is 2.47. The summed E-state index contributed by atoms with van der Waals surface area (Å²) in [5.41, 5.74) is 2.92. The van der Waals surface area contributed by atoms with E-state index >= 15 is 0 Å². The lowest BCUT2D eigenvalue weighted by molar-refractivity contribution is -0.123. The molecule has 0 aliphatic rings. The predicted octanol–water partition coefficient (Wildman–Crippen LogP) is 4.52. The van der Waals surface area contributed by atoms with E-state index in [1.165, 1.54) is 18.3 Å². The SMILES string of the molecule is Cc1ccc(OCc2nc(C(=O)OC(C)C(=O)Nc3ccccc3C)cs2)cc1. The second-order valence-electron chi connectivity index (χ2n) is 6.58. The number of anilines is 1. The lowest BCUT2D eigenvalue weighted by Gasteiger charge is -2.14. The first kappa shape index (κ1) is 20.5. The highest BCUT2D eigenvalue weighted by Crippen LogP contribution is 2.18. The number of aryl methyl sites for hydroxylation is 2. The van der Waals surface area contributed by atoms with Gasteiger partial charge in [-0.2, -0.15) is 0 Å². The summed E-state index contributed by atoms with van der Waals surface area (Å²) in [6.07, 6.45) is -0.948. The molecule has 0 aliphatic heterocycles. The lowest BCUT2D eigenvalue weighted by atomic mass is 10.2. The molecule has 0 fully saturated rings. The van der Waals surface area contributed by atoms with Crippen molar-refractivity contribution in [3.8, 4) is 5.75 Å². The second-order valence-corrected chi connectivity index (χ2v) is 7.52. The van der Waals surface area contributed by atoms with Gasteiger partial charge in [0.25, 0.3) is 5.91 Å². The number of hydrogen-bond acceptors (Lipinski definition) is 6. The van der Waals surface area contributed by atoms with E-state index in [9.17, 15) is 9.59 Å². The number of thiazole rings is 1. The van der Waals surface area contributed by atoms with Crippen molar-refractivity contribution in [2.75, 3.05) is 5.32 Å². The number of carbonyl (C=O) groups excluding carboxylic acids is 2. The number of esters is 1. The van der Waals surface area contributed by atoms with Crippen LogP contribution < -0.4 is 10.1 Å². The first-order valence-corrected chi connectivity index (χ1v) is 10.0. The van der Waals surface area contributed by atoms with Gasteiger partial charge in [0.1, 0.15) is 17.4 Å². The number of amides is 1. The van der Waals surface area contributed by atoms with Crippen LogP contribution in [0.1, 0.15) is 33.5 Å². The zero-order valence-electron chi connectivity index (χ0n) is 16.5. The molecular formula is C22H22N2O4S. The van der Waals surface area contributed by atoms with Crippen LogP contribution in [0.2, 0.25) is 0 Å². The molecule has 0 spiro atoms. The summed E-state index contributed by atoms with van der Waals surface area (Å²) in [5.74, 6) is -0.308. The van der Waals surface area contributed by atoms with Crippen molar-refractivity contribution in [3.05, 3.63) is 75.7 Å². The van der Waals surface area contributed by atoms with Crippen LogP contribution in [-0.4, -0.2) is 23.0 Å². The van der Waals surface area contributed by atoms with Gasteiger partial charge in [0.15, 0.2) is 11.8 Å². The van der Waals surface area contributed by atoms with Gasteiger partial charge in [-0.1, -0.05) is 35.9 Å². The quantitative estimate of drug-likeness (QED) is 0.580. The van der Waals surface area contributed by atoms with Crippen molar-refractivity contribution in [3.63, 3.8) is 0 Å². The maximum absolute atomic E-state index is 12.3. The summed E-state index contributed by atoms with van der Waals surface area (Å²) in [6.45, 7) is 5.68. The molecule has 0 aliphatic carbocycles. The number of nitrogens with one attached hydrogen (secondary N) is 1. The lowest BCUT2D eigenvalue weighted by Crippen LogP contribution is -2.30. The van der Waals surface area contributed by atoms with Gasteiger partial charge in [-0.25, -0.2) is 9.78 Å². The zero-order chi connectivity index (χ0) is 20.8. The van der Waals surface area contributed by atoms with Crippen LogP contribution in [0.15, 0.2) is 53.9 Å². The smallest absolute Gasteiger partial charge is 0.358 e. The highest BCUT2D eigenvalue weighted by Gasteiger charge is 2.21. The Labute approximate surface area is 173 Å². The molecule has 2 aromatic carbocycles. The van der Waals surface area contributed by atoms with Gasteiger partial charge in [0.2, 0.25) is 0 Å². The van der Waals surface area contributed by atoms with Crippen LogP contribution in [0.5, 0.6) is 5.75 Å². The molecule has 0 radical (unpaired) electrons. The highest BCUT2D eigenvalue weighted by molar-refractivity contribution is 7.09. The summed E-state index contributed by atoms with van der Waals surface area (Å²) < 4.78 is 10.9. The van der Waals surface area contributed by atoms with Crippen LogP contribution in [-0.2, 0) is 16.1 Å². The van der Waals surface area contributed by atoms with E-state index in [-0.39, 0.29) is 12.3 Å². The molecule has 1 amide bonds. The van der Waals surface area contributed by atoms with E-state index in [2.05, 4.69) is 10.3 Å². The summed E-state index contributed by atoms with van der Waals surface area (Å²) >= 11 is 1.30. The van der Waals surface area contributed by atoms with Crippen LogP contribution in [0.3, 0.4) is 0 Å². The third-order valence-electron chi connectivity index (χ3n) is 4.20. The minimum atomic E-state index is -0.948. The molecule has 1 heterocycles. The monoisotopic (exact) mass is 410 g/mol. The molecule has 6 nitrogen and oxygen atoms in total. The summed E-state index contributed by atoms with van der Waals surface area (Å²) in [7, 11) is 0. The first-order chi connectivity index (χ1) is 13.9. The van der Waals surface area contributed by atoms with Gasteiger partial charge in [0, 0.05) is 11.1 Å². The van der Waals surface area contributed by atoms with E-state index < -0.39 is 18.0 Å². The normalized spacial score (nSPS) is 11.6. The topological polar surface area (TPSA) is 77.5 Å². The van der Waals surface area contributed by atoms with Gasteiger partial charge < -0.3 is 14.8 Å². The number of rotatable bonds is 7. The second kappa shape index (κ2) is 9.34. The van der Waals surface area contributed by atoms with Gasteiger partial charge in [-0.3, -0.25) is 4.79 Å². The summed E-state index contributed by atoms with van der Waals surface area (Å²) in [4.78, 5) is 28.8. The Morgan fingerprint density at radius 1 is 1.10 bits per heavy atom. The number of nitrogens with zero attached hydrogens (tertiary/aromatic N) is 1. The molecule has 29 heavy (non-hydrogen) atoms. The Balaban J connectivity index is 1.53. The largest absolute Gasteiger partial charge is 0.486 e. The third-order valence-corrected chi connectivity index (χ3v) is 5.02. The molecule has 3 aromatic rings. The molecule has 0 saturated heterocycles. The van der Waals surface area contributed by atoms with Crippen LogP contribution in [0, 0.1) is 13.8 Å². The number of carbonyl (C=O) groups is 2. The number of aromatic nitrogens is 1. The van der Waals surface area contributed by atoms with E-state index in [0.29, 0.717) is 10.7 Å². The van der Waals surface area contributed by atoms with Crippen molar-refractivity contribution >= 4 is 28.9 Å². The molecule has 1 N–H and O–H groups in total. The van der Waals surface area contributed by atoms with E-state index in [0.717, 1.165) is 16.9 Å². The number of benzene rings is 2. The maximum atomic E-state index is 12.3. The van der Waals surface area contributed by atoms with E-state index in [1.807, 2.05) is 56.3 Å². The maximum Gasteiger partial charge on any atom is 0.358 e. The molecule has 1 unspecified atom stereocenters. The van der Waals surface area contributed by atoms with Crippen molar-refractivity contribution < 1.29 is 19.1 Å². The minimum Gasteiger partial charge on any atom is -0.486 e. The number of ether oxygens (including phenoxy) is 2. The standard InChI is InChI=1S/C22H22N2O4S/c1-14-8-10-17(11-9-14)27-12-20-23-19(13-29-20)22(26)28-16(3)21(25)24-18-7-5-4-6-15(18)2/h4-11,13,16H,12H2,1-3H3,(H,24,25). The van der Waals surface area contributed by atoms with E-state index in [4.69, 9.17) is 9.47 Å². The van der Waals surface area contributed by atoms with Crippen molar-refractivity contribution in [2.45, 2.75) is 33.5 Å². The van der Waals surface area contributed by atoms with E-state index in [1.54, 1.807) is 11.4 Å².